The van der Waals surface area contributed by atoms with Gasteiger partial charge in [-0.2, -0.15) is 0 Å². The maximum absolute atomic E-state index is 5.97. The van der Waals surface area contributed by atoms with Crippen LogP contribution in [-0.2, 0) is 0 Å². The minimum Gasteiger partial charge on any atom is -0.0900 e. The lowest BCUT2D eigenvalue weighted by Gasteiger charge is -2.04. The average molecular weight is 269 g/mol. The van der Waals surface area contributed by atoms with E-state index in [0.29, 0.717) is 10.0 Å². The van der Waals surface area contributed by atoms with Crippen LogP contribution in [0.1, 0.15) is 5.56 Å². The van der Waals surface area contributed by atoms with Crippen molar-refractivity contribution in [1.82, 2.24) is 0 Å². The quantitative estimate of drug-likeness (QED) is 0.698. The summed E-state index contributed by atoms with van der Waals surface area (Å²) >= 11 is 13.5. The third-order valence-electron chi connectivity index (χ3n) is 2.12. The first-order chi connectivity index (χ1) is 7.65. The molecule has 0 aromatic heterocycles. The van der Waals surface area contributed by atoms with Crippen molar-refractivity contribution in [1.29, 1.82) is 0 Å². The van der Waals surface area contributed by atoms with Gasteiger partial charge < -0.3 is 0 Å². The first kappa shape index (κ1) is 11.8. The Bertz CT molecular complexity index is 509. The molecule has 0 amide bonds. The molecule has 0 saturated carbocycles. The van der Waals surface area contributed by atoms with Gasteiger partial charge in [0.15, 0.2) is 0 Å². The SMILES string of the molecule is Cc1cccc(Sc2ccc(Cl)c(Cl)c2)c1. The molecule has 0 radical (unpaired) electrons. The van der Waals surface area contributed by atoms with E-state index in [1.54, 1.807) is 11.8 Å². The largest absolute Gasteiger partial charge is 0.0900 e. The average Bonchev–Trinajstić information content (AvgIpc) is 2.24. The molecule has 0 aliphatic heterocycles. The molecule has 0 unspecified atom stereocenters. The van der Waals surface area contributed by atoms with Crippen molar-refractivity contribution in [2.24, 2.45) is 0 Å². The number of aryl methyl sites for hydroxylation is 1. The van der Waals surface area contributed by atoms with Crippen LogP contribution >= 0.6 is 35.0 Å². The third kappa shape index (κ3) is 2.94. The number of rotatable bonds is 2. The molecule has 0 N–H and O–H groups in total. The summed E-state index contributed by atoms with van der Waals surface area (Å²) in [6, 6.07) is 14.0. The van der Waals surface area contributed by atoms with E-state index in [2.05, 4.69) is 31.2 Å². The van der Waals surface area contributed by atoms with Gasteiger partial charge in [0, 0.05) is 9.79 Å². The molecule has 0 bridgehead atoms. The fourth-order valence-electron chi connectivity index (χ4n) is 1.36. The molecule has 2 rings (SSSR count). The summed E-state index contributed by atoms with van der Waals surface area (Å²) in [7, 11) is 0. The van der Waals surface area contributed by atoms with Crippen molar-refractivity contribution in [3.8, 4) is 0 Å². The molecule has 16 heavy (non-hydrogen) atoms. The molecule has 3 heteroatoms. The van der Waals surface area contributed by atoms with Crippen LogP contribution < -0.4 is 0 Å². The topological polar surface area (TPSA) is 0 Å². The Hall–Kier alpha value is -0.630. The zero-order chi connectivity index (χ0) is 11.5. The van der Waals surface area contributed by atoms with E-state index in [9.17, 15) is 0 Å². The van der Waals surface area contributed by atoms with Gasteiger partial charge in [0.05, 0.1) is 10.0 Å². The molecule has 0 nitrogen and oxygen atoms in total. The molecule has 0 aliphatic rings. The van der Waals surface area contributed by atoms with Crippen LogP contribution in [0.3, 0.4) is 0 Å². The predicted octanol–water partition coefficient (Wildman–Crippen LogP) is 5.45. The maximum Gasteiger partial charge on any atom is 0.0603 e. The van der Waals surface area contributed by atoms with Crippen molar-refractivity contribution >= 4 is 35.0 Å². The highest BCUT2D eigenvalue weighted by atomic mass is 35.5. The summed E-state index contributed by atoms with van der Waals surface area (Å²) in [4.78, 5) is 2.30. The maximum atomic E-state index is 5.97. The first-order valence-electron chi connectivity index (χ1n) is 4.85. The summed E-state index contributed by atoms with van der Waals surface area (Å²) in [6.07, 6.45) is 0. The number of benzene rings is 2. The number of halogens is 2. The van der Waals surface area contributed by atoms with E-state index < -0.39 is 0 Å². The van der Waals surface area contributed by atoms with E-state index in [1.807, 2.05) is 18.2 Å². The highest BCUT2D eigenvalue weighted by molar-refractivity contribution is 7.99. The molecule has 0 atom stereocenters. The van der Waals surface area contributed by atoms with Crippen molar-refractivity contribution in [2.75, 3.05) is 0 Å². The number of hydrogen-bond acceptors (Lipinski definition) is 1. The molecule has 82 valence electrons. The lowest BCUT2D eigenvalue weighted by molar-refractivity contribution is 1.35. The fraction of sp³-hybridized carbons (Fsp3) is 0.0769. The van der Waals surface area contributed by atoms with Crippen molar-refractivity contribution < 1.29 is 0 Å². The molecule has 2 aromatic rings. The lowest BCUT2D eigenvalue weighted by atomic mass is 10.2. The van der Waals surface area contributed by atoms with Gasteiger partial charge in [0.25, 0.3) is 0 Å². The van der Waals surface area contributed by atoms with E-state index in [4.69, 9.17) is 23.2 Å². The van der Waals surface area contributed by atoms with Crippen molar-refractivity contribution in [2.45, 2.75) is 16.7 Å². The molecule has 0 fully saturated rings. The van der Waals surface area contributed by atoms with Crippen LogP contribution in [0.4, 0.5) is 0 Å². The Balaban J connectivity index is 2.24. The summed E-state index contributed by atoms with van der Waals surface area (Å²) < 4.78 is 0. The van der Waals surface area contributed by atoms with Gasteiger partial charge >= 0.3 is 0 Å². The van der Waals surface area contributed by atoms with E-state index in [0.717, 1.165) is 4.90 Å². The smallest absolute Gasteiger partial charge is 0.0603 e. The van der Waals surface area contributed by atoms with E-state index >= 15 is 0 Å². The van der Waals surface area contributed by atoms with Gasteiger partial charge in [0.2, 0.25) is 0 Å². The zero-order valence-electron chi connectivity index (χ0n) is 8.71. The Kier molecular flexibility index (Phi) is 3.80. The highest BCUT2D eigenvalue weighted by Crippen LogP contribution is 2.32. The third-order valence-corrected chi connectivity index (χ3v) is 3.83. The molecule has 0 saturated heterocycles. The van der Waals surface area contributed by atoms with Gasteiger partial charge in [-0.15, -0.1) is 0 Å². The zero-order valence-corrected chi connectivity index (χ0v) is 11.0. The summed E-state index contributed by atoms with van der Waals surface area (Å²) in [6.45, 7) is 2.08. The molecule has 0 heterocycles. The lowest BCUT2D eigenvalue weighted by Crippen LogP contribution is -1.76. The van der Waals surface area contributed by atoms with Gasteiger partial charge in [-0.3, -0.25) is 0 Å². The second-order valence-electron chi connectivity index (χ2n) is 3.49. The summed E-state index contributed by atoms with van der Waals surface area (Å²) in [5.74, 6) is 0. The molecule has 0 spiro atoms. The number of hydrogen-bond donors (Lipinski definition) is 0. The standard InChI is InChI=1S/C13H10Cl2S/c1-9-3-2-4-10(7-9)16-11-5-6-12(14)13(15)8-11/h2-8H,1H3. The first-order valence-corrected chi connectivity index (χ1v) is 6.42. The van der Waals surface area contributed by atoms with Crippen LogP contribution in [-0.4, -0.2) is 0 Å². The van der Waals surface area contributed by atoms with Crippen LogP contribution in [0, 0.1) is 6.92 Å². The van der Waals surface area contributed by atoms with Crippen LogP contribution in [0.25, 0.3) is 0 Å². The second-order valence-corrected chi connectivity index (χ2v) is 5.46. The van der Waals surface area contributed by atoms with Crippen molar-refractivity contribution in [3.05, 3.63) is 58.1 Å². The highest BCUT2D eigenvalue weighted by Gasteiger charge is 2.01. The van der Waals surface area contributed by atoms with Crippen LogP contribution in [0.15, 0.2) is 52.3 Å². The Morgan fingerprint density at radius 1 is 0.875 bits per heavy atom. The summed E-state index contributed by atoms with van der Waals surface area (Å²) in [5, 5.41) is 1.19. The Labute approximate surface area is 110 Å². The fourth-order valence-corrected chi connectivity index (χ4v) is 2.69. The summed E-state index contributed by atoms with van der Waals surface area (Å²) in [5.41, 5.74) is 1.25. The Morgan fingerprint density at radius 3 is 2.31 bits per heavy atom. The van der Waals surface area contributed by atoms with Gasteiger partial charge in [-0.25, -0.2) is 0 Å². The molecular formula is C13H10Cl2S. The van der Waals surface area contributed by atoms with Crippen LogP contribution in [0.2, 0.25) is 10.0 Å². The second kappa shape index (κ2) is 5.13. The molecule has 2 aromatic carbocycles. The van der Waals surface area contributed by atoms with Gasteiger partial charge in [0.1, 0.15) is 0 Å². The van der Waals surface area contributed by atoms with Crippen LogP contribution in [0.5, 0.6) is 0 Å². The molecule has 0 aliphatic carbocycles. The monoisotopic (exact) mass is 268 g/mol. The Morgan fingerprint density at radius 2 is 1.62 bits per heavy atom. The van der Waals surface area contributed by atoms with Gasteiger partial charge in [-0.05, 0) is 37.3 Å². The molecular weight excluding hydrogens is 259 g/mol. The van der Waals surface area contributed by atoms with Crippen molar-refractivity contribution in [3.63, 3.8) is 0 Å². The van der Waals surface area contributed by atoms with Gasteiger partial charge in [-0.1, -0.05) is 52.7 Å². The van der Waals surface area contributed by atoms with E-state index in [1.165, 1.54) is 10.5 Å². The predicted molar refractivity (Wildman–Crippen MR) is 71.8 cm³/mol. The minimum absolute atomic E-state index is 0.593. The van der Waals surface area contributed by atoms with E-state index in [-0.39, 0.29) is 0 Å². The normalized spacial score (nSPS) is 10.4. The minimum atomic E-state index is 0.593.